The first kappa shape index (κ1) is 11.5. The molecule has 1 atom stereocenters. The van der Waals surface area contributed by atoms with Gasteiger partial charge in [0.1, 0.15) is 11.5 Å². The number of para-hydroxylation sites is 1. The number of phenols is 1. The third-order valence-corrected chi connectivity index (χ3v) is 2.54. The molecule has 1 N–H and O–H groups in total. The van der Waals surface area contributed by atoms with Gasteiger partial charge in [-0.2, -0.15) is 0 Å². The van der Waals surface area contributed by atoms with Crippen molar-refractivity contribution in [3.05, 3.63) is 60.2 Å². The molecule has 0 aliphatic heterocycles. The smallest absolute Gasteiger partial charge is 0.119 e. The van der Waals surface area contributed by atoms with Gasteiger partial charge in [-0.25, -0.2) is 0 Å². The molecule has 0 aliphatic carbocycles. The van der Waals surface area contributed by atoms with Crippen LogP contribution >= 0.6 is 0 Å². The van der Waals surface area contributed by atoms with E-state index in [4.69, 9.17) is 4.74 Å². The number of hydrogen-bond acceptors (Lipinski definition) is 2. The minimum absolute atomic E-state index is 0.113. The van der Waals surface area contributed by atoms with Gasteiger partial charge in [-0.15, -0.1) is 0 Å². The average molecular weight is 228 g/mol. The lowest BCUT2D eigenvalue weighted by atomic mass is 10.1. The van der Waals surface area contributed by atoms with Crippen LogP contribution in [-0.4, -0.2) is 11.2 Å². The van der Waals surface area contributed by atoms with E-state index in [2.05, 4.69) is 0 Å². The molecule has 0 heterocycles. The van der Waals surface area contributed by atoms with E-state index in [1.807, 2.05) is 49.4 Å². The van der Waals surface area contributed by atoms with E-state index in [1.165, 1.54) is 0 Å². The molecule has 1 unspecified atom stereocenters. The summed E-state index contributed by atoms with van der Waals surface area (Å²) in [5, 5.41) is 9.19. The largest absolute Gasteiger partial charge is 0.508 e. The summed E-state index contributed by atoms with van der Waals surface area (Å²) in [5.74, 6) is 1.18. The van der Waals surface area contributed by atoms with Gasteiger partial charge in [0.25, 0.3) is 0 Å². The first-order valence-corrected chi connectivity index (χ1v) is 5.73. The van der Waals surface area contributed by atoms with Crippen LogP contribution in [0.2, 0.25) is 0 Å². The van der Waals surface area contributed by atoms with Crippen LogP contribution in [0.25, 0.3) is 0 Å². The zero-order chi connectivity index (χ0) is 12.1. The number of hydrogen-bond donors (Lipinski definition) is 1. The third kappa shape index (κ3) is 3.52. The summed E-state index contributed by atoms with van der Waals surface area (Å²) in [6.45, 7) is 2.04. The predicted octanol–water partition coefficient (Wildman–Crippen LogP) is 3.40. The summed E-state index contributed by atoms with van der Waals surface area (Å²) in [6, 6.07) is 17.0. The molecule has 2 heteroatoms. The number of aromatic hydroxyl groups is 1. The molecule has 0 aromatic heterocycles. The van der Waals surface area contributed by atoms with Crippen LogP contribution in [0.5, 0.6) is 11.5 Å². The molecule has 0 saturated heterocycles. The number of rotatable bonds is 4. The Kier molecular flexibility index (Phi) is 3.66. The fourth-order valence-corrected chi connectivity index (χ4v) is 1.74. The van der Waals surface area contributed by atoms with Crippen LogP contribution < -0.4 is 4.74 Å². The molecule has 0 amide bonds. The highest BCUT2D eigenvalue weighted by Gasteiger charge is 2.05. The molecule has 2 rings (SSSR count). The van der Waals surface area contributed by atoms with Crippen molar-refractivity contribution in [2.45, 2.75) is 19.4 Å². The van der Waals surface area contributed by atoms with Crippen LogP contribution in [0.4, 0.5) is 0 Å². The number of phenolic OH excluding ortho intramolecular Hbond substituents is 1. The standard InChI is InChI=1S/C15H16O2/c1-12(17-15-5-3-2-4-6-15)11-13-7-9-14(16)10-8-13/h2-10,12,16H,11H2,1H3. The van der Waals surface area contributed by atoms with Gasteiger partial charge in [0, 0.05) is 6.42 Å². The second-order valence-electron chi connectivity index (χ2n) is 4.11. The minimum atomic E-state index is 0.113. The summed E-state index contributed by atoms with van der Waals surface area (Å²) < 4.78 is 5.79. The Bertz CT molecular complexity index is 448. The molecule has 0 aliphatic rings. The van der Waals surface area contributed by atoms with Crippen LogP contribution in [0.1, 0.15) is 12.5 Å². The van der Waals surface area contributed by atoms with E-state index in [-0.39, 0.29) is 6.10 Å². The van der Waals surface area contributed by atoms with E-state index in [0.717, 1.165) is 17.7 Å². The molecule has 2 aromatic rings. The van der Waals surface area contributed by atoms with Crippen molar-refractivity contribution in [3.8, 4) is 11.5 Å². The fraction of sp³-hybridized carbons (Fsp3) is 0.200. The second kappa shape index (κ2) is 5.39. The van der Waals surface area contributed by atoms with Gasteiger partial charge in [0.15, 0.2) is 0 Å². The predicted molar refractivity (Wildman–Crippen MR) is 68.3 cm³/mol. The van der Waals surface area contributed by atoms with Gasteiger partial charge in [-0.05, 0) is 36.8 Å². The van der Waals surface area contributed by atoms with Gasteiger partial charge in [0.2, 0.25) is 0 Å². The Morgan fingerprint density at radius 3 is 2.29 bits per heavy atom. The maximum Gasteiger partial charge on any atom is 0.119 e. The zero-order valence-electron chi connectivity index (χ0n) is 9.84. The summed E-state index contributed by atoms with van der Waals surface area (Å²) in [4.78, 5) is 0. The lowest BCUT2D eigenvalue weighted by Gasteiger charge is -2.14. The number of ether oxygens (including phenoxy) is 1. The fourth-order valence-electron chi connectivity index (χ4n) is 1.74. The van der Waals surface area contributed by atoms with Crippen molar-refractivity contribution in [3.63, 3.8) is 0 Å². The quantitative estimate of drug-likeness (QED) is 0.869. The van der Waals surface area contributed by atoms with Crippen molar-refractivity contribution in [1.82, 2.24) is 0 Å². The first-order valence-electron chi connectivity index (χ1n) is 5.73. The summed E-state index contributed by atoms with van der Waals surface area (Å²) in [7, 11) is 0. The highest BCUT2D eigenvalue weighted by molar-refractivity contribution is 5.26. The molecule has 0 fully saturated rings. The van der Waals surface area contributed by atoms with E-state index in [0.29, 0.717) is 5.75 Å². The van der Waals surface area contributed by atoms with E-state index in [1.54, 1.807) is 12.1 Å². The van der Waals surface area contributed by atoms with Gasteiger partial charge >= 0.3 is 0 Å². The van der Waals surface area contributed by atoms with Crippen LogP contribution in [-0.2, 0) is 6.42 Å². The molecule has 0 radical (unpaired) electrons. The highest BCUT2D eigenvalue weighted by Crippen LogP contribution is 2.15. The maximum atomic E-state index is 9.19. The lowest BCUT2D eigenvalue weighted by Crippen LogP contribution is -2.14. The van der Waals surface area contributed by atoms with Crippen molar-refractivity contribution in [1.29, 1.82) is 0 Å². The van der Waals surface area contributed by atoms with Gasteiger partial charge < -0.3 is 9.84 Å². The van der Waals surface area contributed by atoms with Crippen molar-refractivity contribution in [2.75, 3.05) is 0 Å². The Balaban J connectivity index is 1.93. The van der Waals surface area contributed by atoms with E-state index in [9.17, 15) is 5.11 Å². The van der Waals surface area contributed by atoms with Crippen LogP contribution in [0.15, 0.2) is 54.6 Å². The SMILES string of the molecule is CC(Cc1ccc(O)cc1)Oc1ccccc1. The molecule has 17 heavy (non-hydrogen) atoms. The summed E-state index contributed by atoms with van der Waals surface area (Å²) in [5.41, 5.74) is 1.16. The van der Waals surface area contributed by atoms with Crippen molar-refractivity contribution < 1.29 is 9.84 Å². The highest BCUT2D eigenvalue weighted by atomic mass is 16.5. The van der Waals surface area contributed by atoms with Crippen LogP contribution in [0.3, 0.4) is 0 Å². The van der Waals surface area contributed by atoms with E-state index >= 15 is 0 Å². The Morgan fingerprint density at radius 2 is 1.65 bits per heavy atom. The van der Waals surface area contributed by atoms with Crippen molar-refractivity contribution >= 4 is 0 Å². The third-order valence-electron chi connectivity index (χ3n) is 2.54. The second-order valence-corrected chi connectivity index (χ2v) is 4.11. The molecule has 88 valence electrons. The Labute approximate surface area is 101 Å². The molecular formula is C15H16O2. The first-order chi connectivity index (χ1) is 8.24. The summed E-state index contributed by atoms with van der Waals surface area (Å²) >= 11 is 0. The average Bonchev–Trinajstić information content (AvgIpc) is 2.33. The minimum Gasteiger partial charge on any atom is -0.508 e. The normalized spacial score (nSPS) is 12.1. The molecule has 2 aromatic carbocycles. The lowest BCUT2D eigenvalue weighted by molar-refractivity contribution is 0.222. The monoisotopic (exact) mass is 228 g/mol. The Morgan fingerprint density at radius 1 is 1.00 bits per heavy atom. The van der Waals surface area contributed by atoms with Crippen LogP contribution in [0, 0.1) is 0 Å². The molecule has 2 nitrogen and oxygen atoms in total. The van der Waals surface area contributed by atoms with Crippen molar-refractivity contribution in [2.24, 2.45) is 0 Å². The Hall–Kier alpha value is -1.96. The number of benzene rings is 2. The van der Waals surface area contributed by atoms with Gasteiger partial charge in [-0.3, -0.25) is 0 Å². The van der Waals surface area contributed by atoms with Gasteiger partial charge in [0.05, 0.1) is 6.10 Å². The molecule has 0 saturated carbocycles. The zero-order valence-corrected chi connectivity index (χ0v) is 9.84. The van der Waals surface area contributed by atoms with Gasteiger partial charge in [-0.1, -0.05) is 30.3 Å². The topological polar surface area (TPSA) is 29.5 Å². The molecule has 0 bridgehead atoms. The van der Waals surface area contributed by atoms with E-state index < -0.39 is 0 Å². The maximum absolute atomic E-state index is 9.19. The molecular weight excluding hydrogens is 212 g/mol. The summed E-state index contributed by atoms with van der Waals surface area (Å²) in [6.07, 6.45) is 0.941. The molecule has 0 spiro atoms.